The zero-order valence-corrected chi connectivity index (χ0v) is 14.7. The summed E-state index contributed by atoms with van der Waals surface area (Å²) in [4.78, 5) is 0. The highest BCUT2D eigenvalue weighted by Crippen LogP contribution is 2.49. The topological polar surface area (TPSA) is 39.7 Å². The summed E-state index contributed by atoms with van der Waals surface area (Å²) in [5, 5.41) is 3.57. The van der Waals surface area contributed by atoms with Crippen LogP contribution in [0.15, 0.2) is 16.6 Å². The number of hydrogen-bond acceptors (Lipinski definition) is 4. The summed E-state index contributed by atoms with van der Waals surface area (Å²) in [5.41, 5.74) is 0.964. The van der Waals surface area contributed by atoms with E-state index in [1.165, 1.54) is 6.42 Å². The summed E-state index contributed by atoms with van der Waals surface area (Å²) < 4.78 is 17.7. The third-order valence-electron chi connectivity index (χ3n) is 4.37. The van der Waals surface area contributed by atoms with Crippen molar-refractivity contribution in [2.45, 2.75) is 37.8 Å². The van der Waals surface area contributed by atoms with E-state index in [2.05, 4.69) is 34.2 Å². The lowest BCUT2D eigenvalue weighted by Crippen LogP contribution is -2.50. The van der Waals surface area contributed by atoms with Crippen LogP contribution in [0.2, 0.25) is 0 Å². The molecule has 1 aliphatic rings. The molecule has 0 saturated heterocycles. The molecule has 21 heavy (non-hydrogen) atoms. The fraction of sp³-hybridized carbons (Fsp3) is 0.625. The highest BCUT2D eigenvalue weighted by Gasteiger charge is 2.46. The van der Waals surface area contributed by atoms with E-state index in [0.717, 1.165) is 40.9 Å². The van der Waals surface area contributed by atoms with Crippen LogP contribution in [0.25, 0.3) is 0 Å². The number of likely N-dealkylation sites (N-methyl/N-ethyl adjacent to an activating group) is 1. The molecule has 1 aromatic rings. The van der Waals surface area contributed by atoms with Crippen LogP contribution >= 0.6 is 15.9 Å². The summed E-state index contributed by atoms with van der Waals surface area (Å²) in [6.45, 7) is 2.99. The Kier molecular flexibility index (Phi) is 5.52. The van der Waals surface area contributed by atoms with E-state index < -0.39 is 0 Å². The maximum Gasteiger partial charge on any atom is 0.141 e. The van der Waals surface area contributed by atoms with Crippen LogP contribution in [0.3, 0.4) is 0 Å². The van der Waals surface area contributed by atoms with Crippen molar-refractivity contribution in [3.05, 3.63) is 22.2 Å². The highest BCUT2D eigenvalue weighted by molar-refractivity contribution is 9.10. The van der Waals surface area contributed by atoms with E-state index in [4.69, 9.17) is 14.2 Å². The summed E-state index contributed by atoms with van der Waals surface area (Å²) >= 11 is 3.58. The summed E-state index contributed by atoms with van der Waals surface area (Å²) in [5.74, 6) is 1.58. The molecule has 118 valence electrons. The summed E-state index contributed by atoms with van der Waals surface area (Å²) in [7, 11) is 5.14. The van der Waals surface area contributed by atoms with E-state index in [0.29, 0.717) is 0 Å². The molecule has 1 saturated carbocycles. The molecule has 1 N–H and O–H groups in total. The van der Waals surface area contributed by atoms with E-state index >= 15 is 0 Å². The van der Waals surface area contributed by atoms with E-state index in [-0.39, 0.29) is 11.6 Å². The van der Waals surface area contributed by atoms with Gasteiger partial charge in [-0.15, -0.1) is 0 Å². The van der Waals surface area contributed by atoms with Gasteiger partial charge in [0, 0.05) is 12.7 Å². The highest BCUT2D eigenvalue weighted by atomic mass is 79.9. The van der Waals surface area contributed by atoms with Crippen molar-refractivity contribution in [3.63, 3.8) is 0 Å². The number of halogens is 1. The number of benzene rings is 1. The molecule has 4 nitrogen and oxygen atoms in total. The molecular formula is C16H24BrNO3. The maximum atomic E-state index is 5.87. The average molecular weight is 358 g/mol. The van der Waals surface area contributed by atoms with Gasteiger partial charge in [-0.25, -0.2) is 0 Å². The van der Waals surface area contributed by atoms with Gasteiger partial charge in [-0.1, -0.05) is 6.92 Å². The smallest absolute Gasteiger partial charge is 0.141 e. The van der Waals surface area contributed by atoms with Crippen molar-refractivity contribution in [1.29, 1.82) is 0 Å². The fourth-order valence-electron chi connectivity index (χ4n) is 3.06. The molecular weight excluding hydrogens is 334 g/mol. The molecule has 1 unspecified atom stereocenters. The van der Waals surface area contributed by atoms with Gasteiger partial charge in [-0.05, 0) is 53.9 Å². The van der Waals surface area contributed by atoms with Crippen molar-refractivity contribution in [2.75, 3.05) is 27.9 Å². The molecule has 0 bridgehead atoms. The second-order valence-corrected chi connectivity index (χ2v) is 6.11. The lowest BCUT2D eigenvalue weighted by Gasteiger charge is -2.47. The number of nitrogens with one attached hydrogen (secondary N) is 1. The van der Waals surface area contributed by atoms with Gasteiger partial charge in [0.1, 0.15) is 16.0 Å². The maximum absolute atomic E-state index is 5.87. The van der Waals surface area contributed by atoms with Gasteiger partial charge in [-0.2, -0.15) is 0 Å². The Morgan fingerprint density at radius 3 is 2.38 bits per heavy atom. The van der Waals surface area contributed by atoms with Crippen LogP contribution in [0.5, 0.6) is 11.5 Å². The first-order valence-electron chi connectivity index (χ1n) is 7.32. The number of methoxy groups -OCH3 is 3. The molecule has 1 aliphatic carbocycles. The van der Waals surface area contributed by atoms with Gasteiger partial charge in [-0.3, -0.25) is 0 Å². The van der Waals surface area contributed by atoms with Gasteiger partial charge >= 0.3 is 0 Å². The predicted molar refractivity (Wildman–Crippen MR) is 87.3 cm³/mol. The van der Waals surface area contributed by atoms with E-state index in [9.17, 15) is 0 Å². The Bertz CT molecular complexity index is 483. The van der Waals surface area contributed by atoms with E-state index in [1.54, 1.807) is 21.3 Å². The van der Waals surface area contributed by atoms with Crippen LogP contribution in [0.1, 0.15) is 37.8 Å². The lowest BCUT2D eigenvalue weighted by molar-refractivity contribution is -0.0998. The Hall–Kier alpha value is -0.780. The summed E-state index contributed by atoms with van der Waals surface area (Å²) in [6, 6.07) is 4.14. The second kappa shape index (κ2) is 6.99. The van der Waals surface area contributed by atoms with Crippen molar-refractivity contribution >= 4 is 15.9 Å². The molecule has 5 heteroatoms. The third-order valence-corrected chi connectivity index (χ3v) is 5.12. The first kappa shape index (κ1) is 16.6. The lowest BCUT2D eigenvalue weighted by atomic mass is 9.72. The third kappa shape index (κ3) is 2.91. The van der Waals surface area contributed by atoms with Crippen molar-refractivity contribution in [3.8, 4) is 11.5 Å². The molecule has 0 amide bonds. The van der Waals surface area contributed by atoms with Crippen molar-refractivity contribution < 1.29 is 14.2 Å². The number of hydrogen-bond donors (Lipinski definition) is 1. The molecule has 1 atom stereocenters. The fourth-order valence-corrected chi connectivity index (χ4v) is 3.75. The van der Waals surface area contributed by atoms with Crippen LogP contribution < -0.4 is 14.8 Å². The normalized spacial score (nSPS) is 18.0. The minimum absolute atomic E-state index is 0.110. The monoisotopic (exact) mass is 357 g/mol. The molecule has 1 aromatic carbocycles. The Balaban J connectivity index is 2.47. The molecule has 0 aromatic heterocycles. The molecule has 0 spiro atoms. The molecule has 0 heterocycles. The zero-order chi connectivity index (χ0) is 15.5. The predicted octanol–water partition coefficient (Wildman–Crippen LogP) is 3.69. The van der Waals surface area contributed by atoms with Crippen LogP contribution in [-0.4, -0.2) is 33.5 Å². The average Bonchev–Trinajstić information content (AvgIpc) is 2.45. The van der Waals surface area contributed by atoms with Crippen LogP contribution in [-0.2, 0) is 4.74 Å². The first-order valence-corrected chi connectivity index (χ1v) is 8.11. The van der Waals surface area contributed by atoms with Gasteiger partial charge < -0.3 is 19.5 Å². The van der Waals surface area contributed by atoms with Crippen LogP contribution in [0.4, 0.5) is 0 Å². The van der Waals surface area contributed by atoms with E-state index in [1.807, 2.05) is 6.07 Å². The second-order valence-electron chi connectivity index (χ2n) is 5.32. The van der Waals surface area contributed by atoms with Gasteiger partial charge in [0.05, 0.1) is 25.9 Å². The van der Waals surface area contributed by atoms with Crippen molar-refractivity contribution in [1.82, 2.24) is 5.32 Å². The Morgan fingerprint density at radius 2 is 1.95 bits per heavy atom. The standard InChI is InChI=1S/C16H24BrNO3/c1-5-18-15(16(21-4)9-6-10-16)11-7-8-12(19-2)13(17)14(11)20-3/h7-8,15,18H,5-6,9-10H2,1-4H3. The molecule has 0 aliphatic heterocycles. The quantitative estimate of drug-likeness (QED) is 0.807. The molecule has 1 fully saturated rings. The van der Waals surface area contributed by atoms with Gasteiger partial charge in [0.2, 0.25) is 0 Å². The summed E-state index contributed by atoms with van der Waals surface area (Å²) in [6.07, 6.45) is 3.33. The minimum atomic E-state index is -0.142. The number of ether oxygens (including phenoxy) is 3. The largest absolute Gasteiger partial charge is 0.495 e. The molecule has 2 rings (SSSR count). The first-order chi connectivity index (χ1) is 10.1. The Morgan fingerprint density at radius 1 is 1.24 bits per heavy atom. The number of rotatable bonds is 7. The van der Waals surface area contributed by atoms with Gasteiger partial charge in [0.15, 0.2) is 0 Å². The molecule has 0 radical (unpaired) electrons. The van der Waals surface area contributed by atoms with Crippen molar-refractivity contribution in [2.24, 2.45) is 0 Å². The van der Waals surface area contributed by atoms with Crippen LogP contribution in [0, 0.1) is 0 Å². The Labute approximate surface area is 135 Å². The zero-order valence-electron chi connectivity index (χ0n) is 13.2. The SMILES string of the molecule is CCNC(c1ccc(OC)c(Br)c1OC)C1(OC)CCC1. The van der Waals surface area contributed by atoms with Gasteiger partial charge in [0.25, 0.3) is 0 Å². The minimum Gasteiger partial charge on any atom is -0.495 e.